The molecule has 1 atom stereocenters. The van der Waals surface area contributed by atoms with E-state index in [0.717, 1.165) is 38.0 Å². The summed E-state index contributed by atoms with van der Waals surface area (Å²) < 4.78 is 1.57. The number of amides is 1. The highest BCUT2D eigenvalue weighted by molar-refractivity contribution is 5.76. The van der Waals surface area contributed by atoms with Crippen LogP contribution in [-0.2, 0) is 11.3 Å². The molecule has 27 heavy (non-hydrogen) atoms. The van der Waals surface area contributed by atoms with Gasteiger partial charge in [0.15, 0.2) is 0 Å². The molecule has 3 fully saturated rings. The quantitative estimate of drug-likeness (QED) is 0.860. The summed E-state index contributed by atoms with van der Waals surface area (Å²) in [6, 6.07) is 0. The van der Waals surface area contributed by atoms with Crippen LogP contribution in [0.2, 0.25) is 0 Å². The Morgan fingerprint density at radius 1 is 1.22 bits per heavy atom. The third-order valence-electron chi connectivity index (χ3n) is 7.41. The number of hydrogen-bond donors (Lipinski definition) is 1. The van der Waals surface area contributed by atoms with E-state index in [0.29, 0.717) is 32.5 Å². The second-order valence-corrected chi connectivity index (χ2v) is 8.96. The van der Waals surface area contributed by atoms with Crippen molar-refractivity contribution in [3.8, 4) is 0 Å². The average Bonchev–Trinajstić information content (AvgIpc) is 3.08. The van der Waals surface area contributed by atoms with Crippen molar-refractivity contribution >= 4 is 5.91 Å². The lowest BCUT2D eigenvalue weighted by molar-refractivity contribution is -0.160. The first-order chi connectivity index (χ1) is 13.0. The second-order valence-electron chi connectivity index (χ2n) is 8.96. The SMILES string of the molecule is O=C(CCC1CCC1)N1CCC(O)(Cn2ccncc2=O)C2(CCCC2)C1. The Bertz CT molecular complexity index is 736. The Morgan fingerprint density at radius 2 is 2.00 bits per heavy atom. The normalized spacial score (nSPS) is 27.7. The van der Waals surface area contributed by atoms with E-state index in [1.54, 1.807) is 17.0 Å². The van der Waals surface area contributed by atoms with Crippen molar-refractivity contribution in [1.29, 1.82) is 0 Å². The molecule has 2 aliphatic carbocycles. The minimum atomic E-state index is -0.945. The van der Waals surface area contributed by atoms with E-state index >= 15 is 0 Å². The minimum absolute atomic E-state index is 0.182. The van der Waals surface area contributed by atoms with Crippen molar-refractivity contribution < 1.29 is 9.90 Å². The zero-order valence-electron chi connectivity index (χ0n) is 16.1. The van der Waals surface area contributed by atoms with Gasteiger partial charge < -0.3 is 14.6 Å². The van der Waals surface area contributed by atoms with Crippen LogP contribution in [0.4, 0.5) is 0 Å². The van der Waals surface area contributed by atoms with E-state index in [4.69, 9.17) is 0 Å². The Hall–Kier alpha value is -1.69. The van der Waals surface area contributed by atoms with Crippen LogP contribution in [0.1, 0.15) is 64.2 Å². The first kappa shape index (κ1) is 18.7. The topological polar surface area (TPSA) is 75.4 Å². The summed E-state index contributed by atoms with van der Waals surface area (Å²) in [5, 5.41) is 11.6. The number of rotatable bonds is 5. The van der Waals surface area contributed by atoms with Crippen molar-refractivity contribution in [1.82, 2.24) is 14.5 Å². The molecule has 1 aromatic heterocycles. The van der Waals surface area contributed by atoms with E-state index in [9.17, 15) is 14.7 Å². The molecule has 1 N–H and O–H groups in total. The highest BCUT2D eigenvalue weighted by Gasteiger charge is 2.55. The van der Waals surface area contributed by atoms with Gasteiger partial charge in [-0.05, 0) is 31.6 Å². The molecular weight excluding hydrogens is 342 g/mol. The fourth-order valence-corrected chi connectivity index (χ4v) is 5.36. The van der Waals surface area contributed by atoms with Gasteiger partial charge in [0, 0.05) is 37.3 Å². The maximum atomic E-state index is 12.8. The fraction of sp³-hybridized carbons (Fsp3) is 0.762. The summed E-state index contributed by atoms with van der Waals surface area (Å²) in [7, 11) is 0. The monoisotopic (exact) mass is 373 g/mol. The van der Waals surface area contributed by atoms with E-state index in [2.05, 4.69) is 4.98 Å². The van der Waals surface area contributed by atoms with E-state index in [1.807, 2.05) is 4.90 Å². The molecule has 1 amide bonds. The molecular formula is C21H31N3O3. The van der Waals surface area contributed by atoms with Gasteiger partial charge in [0.1, 0.15) is 0 Å². The maximum Gasteiger partial charge on any atom is 0.269 e. The maximum absolute atomic E-state index is 12.8. The zero-order valence-corrected chi connectivity index (χ0v) is 16.1. The molecule has 0 bridgehead atoms. The first-order valence-electron chi connectivity index (χ1n) is 10.5. The van der Waals surface area contributed by atoms with E-state index in [-0.39, 0.29) is 16.9 Å². The van der Waals surface area contributed by atoms with E-state index < -0.39 is 5.60 Å². The molecule has 6 heteroatoms. The van der Waals surface area contributed by atoms with Gasteiger partial charge in [-0.25, -0.2) is 0 Å². The number of piperidine rings is 1. The van der Waals surface area contributed by atoms with Gasteiger partial charge in [-0.15, -0.1) is 0 Å². The molecule has 2 heterocycles. The Balaban J connectivity index is 1.48. The molecule has 1 aliphatic heterocycles. The van der Waals surface area contributed by atoms with Gasteiger partial charge in [-0.1, -0.05) is 32.1 Å². The molecule has 4 rings (SSSR count). The molecule has 3 aliphatic rings. The lowest BCUT2D eigenvalue weighted by Gasteiger charge is -2.52. The van der Waals surface area contributed by atoms with Crippen molar-refractivity contribution in [3.63, 3.8) is 0 Å². The molecule has 6 nitrogen and oxygen atoms in total. The summed E-state index contributed by atoms with van der Waals surface area (Å²) in [6.07, 6.45) is 14.6. The number of hydrogen-bond acceptors (Lipinski definition) is 4. The zero-order chi connectivity index (χ0) is 18.9. The molecule has 2 saturated carbocycles. The smallest absolute Gasteiger partial charge is 0.269 e. The van der Waals surface area contributed by atoms with Crippen molar-refractivity contribution in [2.75, 3.05) is 13.1 Å². The molecule has 0 radical (unpaired) electrons. The lowest BCUT2D eigenvalue weighted by atomic mass is 9.65. The standard InChI is InChI=1S/C21H31N3O3/c25-18(7-6-17-4-3-5-17)23-12-10-21(27,20(15-23)8-1-2-9-20)16-24-13-11-22-14-19(24)26/h11,13-14,17,27H,1-10,12,15-16H2. The summed E-state index contributed by atoms with van der Waals surface area (Å²) in [4.78, 5) is 30.8. The van der Waals surface area contributed by atoms with Crippen molar-refractivity contribution in [2.24, 2.45) is 11.3 Å². The van der Waals surface area contributed by atoms with Crippen LogP contribution in [0.3, 0.4) is 0 Å². The first-order valence-corrected chi connectivity index (χ1v) is 10.5. The molecule has 0 aromatic carbocycles. The summed E-state index contributed by atoms with van der Waals surface area (Å²) in [6.45, 7) is 1.51. The van der Waals surface area contributed by atoms with Crippen LogP contribution in [0.5, 0.6) is 0 Å². The van der Waals surface area contributed by atoms with Gasteiger partial charge in [0.05, 0.1) is 18.3 Å². The van der Waals surface area contributed by atoms with Gasteiger partial charge in [-0.3, -0.25) is 14.6 Å². The Labute approximate surface area is 160 Å². The lowest BCUT2D eigenvalue weighted by Crippen LogP contribution is -2.62. The van der Waals surface area contributed by atoms with Gasteiger partial charge in [0.25, 0.3) is 5.56 Å². The third kappa shape index (κ3) is 3.56. The molecule has 1 spiro atoms. The summed E-state index contributed by atoms with van der Waals surface area (Å²) >= 11 is 0. The number of nitrogens with zero attached hydrogens (tertiary/aromatic N) is 3. The average molecular weight is 373 g/mol. The van der Waals surface area contributed by atoms with Gasteiger partial charge >= 0.3 is 0 Å². The van der Waals surface area contributed by atoms with Crippen molar-refractivity contribution in [2.45, 2.75) is 76.4 Å². The Morgan fingerprint density at radius 3 is 2.67 bits per heavy atom. The fourth-order valence-electron chi connectivity index (χ4n) is 5.36. The number of aliphatic hydroxyl groups is 1. The molecule has 1 aromatic rings. The number of carbonyl (C=O) groups excluding carboxylic acids is 1. The molecule has 148 valence electrons. The van der Waals surface area contributed by atoms with Crippen LogP contribution in [0.15, 0.2) is 23.4 Å². The largest absolute Gasteiger partial charge is 0.387 e. The predicted molar refractivity (Wildman–Crippen MR) is 102 cm³/mol. The van der Waals surface area contributed by atoms with Crippen LogP contribution in [-0.4, -0.2) is 44.2 Å². The second kappa shape index (κ2) is 7.38. The van der Waals surface area contributed by atoms with Gasteiger partial charge in [0.2, 0.25) is 5.91 Å². The van der Waals surface area contributed by atoms with Crippen molar-refractivity contribution in [3.05, 3.63) is 28.9 Å². The molecule has 1 saturated heterocycles. The number of carbonyl (C=O) groups is 1. The highest BCUT2D eigenvalue weighted by Crippen LogP contribution is 2.51. The summed E-state index contributed by atoms with van der Waals surface area (Å²) in [5.74, 6) is 0.992. The third-order valence-corrected chi connectivity index (χ3v) is 7.41. The minimum Gasteiger partial charge on any atom is -0.387 e. The van der Waals surface area contributed by atoms with Gasteiger partial charge in [-0.2, -0.15) is 0 Å². The van der Waals surface area contributed by atoms with Crippen LogP contribution in [0.25, 0.3) is 0 Å². The number of likely N-dealkylation sites (tertiary alicyclic amines) is 1. The summed E-state index contributed by atoms with van der Waals surface area (Å²) in [5.41, 5.74) is -1.42. The molecule has 1 unspecified atom stereocenters. The highest BCUT2D eigenvalue weighted by atomic mass is 16.3. The van der Waals surface area contributed by atoms with Crippen LogP contribution >= 0.6 is 0 Å². The Kier molecular flexibility index (Phi) is 5.10. The van der Waals surface area contributed by atoms with E-state index in [1.165, 1.54) is 25.5 Å². The van der Waals surface area contributed by atoms with Crippen LogP contribution < -0.4 is 5.56 Å². The predicted octanol–water partition coefficient (Wildman–Crippen LogP) is 2.35. The van der Waals surface area contributed by atoms with Crippen LogP contribution in [0, 0.1) is 11.3 Å². The number of aromatic nitrogens is 2.